The predicted octanol–water partition coefficient (Wildman–Crippen LogP) is 1.84. The first-order valence-corrected chi connectivity index (χ1v) is 9.39. The second-order valence-electron chi connectivity index (χ2n) is 8.38. The summed E-state index contributed by atoms with van der Waals surface area (Å²) >= 11 is 0. The van der Waals surface area contributed by atoms with E-state index >= 15 is 0 Å². The van der Waals surface area contributed by atoms with E-state index in [0.29, 0.717) is 23.4 Å². The standard InChI is InChI=1S/C20H30N4O2/c1-14(2)15-6-7-17-16(12-15)18(25)24(19(26)21-17)13-20(3,4)23-10-8-22(5)9-11-23/h6-7,12,14H,8-11,13H2,1-5H3,(H,21,26). The molecule has 0 unspecified atom stereocenters. The molecule has 26 heavy (non-hydrogen) atoms. The number of benzene rings is 1. The van der Waals surface area contributed by atoms with Crippen molar-refractivity contribution in [3.63, 3.8) is 0 Å². The molecule has 2 aromatic rings. The van der Waals surface area contributed by atoms with Crippen LogP contribution >= 0.6 is 0 Å². The molecule has 0 bridgehead atoms. The number of aromatic amines is 1. The first-order chi connectivity index (χ1) is 12.2. The zero-order valence-electron chi connectivity index (χ0n) is 16.5. The van der Waals surface area contributed by atoms with Crippen molar-refractivity contribution in [2.24, 2.45) is 0 Å². The Bertz CT molecular complexity index is 902. The highest BCUT2D eigenvalue weighted by atomic mass is 16.2. The molecule has 0 amide bonds. The van der Waals surface area contributed by atoms with Crippen LogP contribution in [0.2, 0.25) is 0 Å². The fourth-order valence-corrected chi connectivity index (χ4v) is 3.67. The summed E-state index contributed by atoms with van der Waals surface area (Å²) < 4.78 is 1.37. The average Bonchev–Trinajstić information content (AvgIpc) is 2.58. The second-order valence-corrected chi connectivity index (χ2v) is 8.38. The van der Waals surface area contributed by atoms with Gasteiger partial charge in [-0.2, -0.15) is 0 Å². The molecular weight excluding hydrogens is 328 g/mol. The number of nitrogens with zero attached hydrogens (tertiary/aromatic N) is 3. The number of aromatic nitrogens is 2. The van der Waals surface area contributed by atoms with Gasteiger partial charge in [0.2, 0.25) is 0 Å². The summed E-state index contributed by atoms with van der Waals surface area (Å²) in [7, 11) is 2.12. The molecule has 6 heteroatoms. The quantitative estimate of drug-likeness (QED) is 0.906. The van der Waals surface area contributed by atoms with Gasteiger partial charge in [-0.3, -0.25) is 14.3 Å². The van der Waals surface area contributed by atoms with Crippen molar-refractivity contribution >= 4 is 10.9 Å². The number of hydrogen-bond donors (Lipinski definition) is 1. The highest BCUT2D eigenvalue weighted by Crippen LogP contribution is 2.20. The van der Waals surface area contributed by atoms with Crippen LogP contribution in [-0.4, -0.2) is 58.1 Å². The lowest BCUT2D eigenvalue weighted by atomic mass is 10.0. The van der Waals surface area contributed by atoms with E-state index in [0.717, 1.165) is 31.7 Å². The van der Waals surface area contributed by atoms with Crippen molar-refractivity contribution in [3.05, 3.63) is 44.6 Å². The Balaban J connectivity index is 1.99. The summed E-state index contributed by atoms with van der Waals surface area (Å²) in [6, 6.07) is 5.72. The van der Waals surface area contributed by atoms with Crippen molar-refractivity contribution < 1.29 is 0 Å². The topological polar surface area (TPSA) is 61.3 Å². The van der Waals surface area contributed by atoms with E-state index in [1.807, 2.05) is 18.2 Å². The van der Waals surface area contributed by atoms with Crippen LogP contribution < -0.4 is 11.2 Å². The summed E-state index contributed by atoms with van der Waals surface area (Å²) in [4.78, 5) is 33.2. The van der Waals surface area contributed by atoms with E-state index < -0.39 is 0 Å². The lowest BCUT2D eigenvalue weighted by Crippen LogP contribution is -2.57. The van der Waals surface area contributed by atoms with Crippen molar-refractivity contribution in [2.75, 3.05) is 33.2 Å². The van der Waals surface area contributed by atoms with Crippen molar-refractivity contribution in [1.82, 2.24) is 19.4 Å². The molecule has 1 aliphatic rings. The van der Waals surface area contributed by atoms with E-state index in [2.05, 4.69) is 49.5 Å². The maximum Gasteiger partial charge on any atom is 0.328 e. The third-order valence-electron chi connectivity index (χ3n) is 5.58. The van der Waals surface area contributed by atoms with Gasteiger partial charge >= 0.3 is 5.69 Å². The smallest absolute Gasteiger partial charge is 0.307 e. The molecule has 1 aliphatic heterocycles. The number of piperazine rings is 1. The Labute approximate surface area is 154 Å². The molecule has 1 N–H and O–H groups in total. The summed E-state index contributed by atoms with van der Waals surface area (Å²) in [5, 5.41) is 0.588. The zero-order chi connectivity index (χ0) is 19.1. The van der Waals surface area contributed by atoms with E-state index in [4.69, 9.17) is 0 Å². The number of fused-ring (bicyclic) bond motifs is 1. The van der Waals surface area contributed by atoms with Gasteiger partial charge in [0.25, 0.3) is 5.56 Å². The summed E-state index contributed by atoms with van der Waals surface area (Å²) in [5.41, 5.74) is 0.918. The molecule has 0 saturated carbocycles. The van der Waals surface area contributed by atoms with Crippen molar-refractivity contribution in [2.45, 2.75) is 45.7 Å². The summed E-state index contributed by atoms with van der Waals surface area (Å²) in [6.07, 6.45) is 0. The zero-order valence-corrected chi connectivity index (χ0v) is 16.5. The minimum absolute atomic E-state index is 0.201. The first kappa shape index (κ1) is 18.9. The minimum Gasteiger partial charge on any atom is -0.307 e. The van der Waals surface area contributed by atoms with Gasteiger partial charge in [0.1, 0.15) is 0 Å². The molecule has 1 saturated heterocycles. The largest absolute Gasteiger partial charge is 0.328 e. The average molecular weight is 358 g/mol. The third kappa shape index (κ3) is 3.62. The molecule has 1 fully saturated rings. The van der Waals surface area contributed by atoms with E-state index in [9.17, 15) is 9.59 Å². The number of rotatable bonds is 4. The summed E-state index contributed by atoms with van der Waals surface area (Å²) in [6.45, 7) is 12.7. The van der Waals surface area contributed by atoms with E-state index in [-0.39, 0.29) is 16.8 Å². The predicted molar refractivity (Wildman–Crippen MR) is 106 cm³/mol. The highest BCUT2D eigenvalue weighted by molar-refractivity contribution is 5.78. The Morgan fingerprint density at radius 2 is 1.77 bits per heavy atom. The van der Waals surface area contributed by atoms with Crippen LogP contribution in [0.25, 0.3) is 10.9 Å². The summed E-state index contributed by atoms with van der Waals surface area (Å²) in [5.74, 6) is 0.334. The molecule has 1 aromatic carbocycles. The SMILES string of the molecule is CC(C)c1ccc2[nH]c(=O)n(CC(C)(C)N3CCN(C)CC3)c(=O)c2c1. The monoisotopic (exact) mass is 358 g/mol. The van der Waals surface area contributed by atoms with Crippen LogP contribution in [0.3, 0.4) is 0 Å². The Hall–Kier alpha value is -1.92. The second kappa shape index (κ2) is 7.00. The maximum atomic E-state index is 13.1. The molecule has 0 atom stereocenters. The van der Waals surface area contributed by atoms with Gasteiger partial charge in [0, 0.05) is 38.3 Å². The van der Waals surface area contributed by atoms with Crippen LogP contribution in [-0.2, 0) is 6.54 Å². The molecule has 142 valence electrons. The van der Waals surface area contributed by atoms with Crippen LogP contribution in [0.5, 0.6) is 0 Å². The molecule has 0 aliphatic carbocycles. The number of H-pyrrole nitrogens is 1. The van der Waals surface area contributed by atoms with Gasteiger partial charge in [-0.1, -0.05) is 19.9 Å². The molecular formula is C20H30N4O2. The first-order valence-electron chi connectivity index (χ1n) is 9.39. The molecule has 0 spiro atoms. The maximum absolute atomic E-state index is 13.1. The Morgan fingerprint density at radius 1 is 1.12 bits per heavy atom. The third-order valence-corrected chi connectivity index (χ3v) is 5.58. The highest BCUT2D eigenvalue weighted by Gasteiger charge is 2.30. The van der Waals surface area contributed by atoms with Crippen LogP contribution in [0.15, 0.2) is 27.8 Å². The lowest BCUT2D eigenvalue weighted by molar-refractivity contribution is 0.0498. The number of hydrogen-bond acceptors (Lipinski definition) is 4. The van der Waals surface area contributed by atoms with E-state index in [1.165, 1.54) is 4.57 Å². The van der Waals surface area contributed by atoms with Gasteiger partial charge in [-0.05, 0) is 44.5 Å². The molecule has 3 rings (SSSR count). The minimum atomic E-state index is -0.331. The Morgan fingerprint density at radius 3 is 2.38 bits per heavy atom. The van der Waals surface area contributed by atoms with Gasteiger partial charge in [-0.15, -0.1) is 0 Å². The van der Waals surface area contributed by atoms with Gasteiger partial charge in [0.15, 0.2) is 0 Å². The molecule has 6 nitrogen and oxygen atoms in total. The Kier molecular flexibility index (Phi) is 5.08. The fraction of sp³-hybridized carbons (Fsp3) is 0.600. The van der Waals surface area contributed by atoms with E-state index in [1.54, 1.807) is 0 Å². The lowest BCUT2D eigenvalue weighted by Gasteiger charge is -2.43. The molecule has 1 aromatic heterocycles. The van der Waals surface area contributed by atoms with Gasteiger partial charge in [0.05, 0.1) is 10.9 Å². The number of likely N-dealkylation sites (N-methyl/N-ethyl adjacent to an activating group) is 1. The molecule has 2 heterocycles. The van der Waals surface area contributed by atoms with Crippen molar-refractivity contribution in [3.8, 4) is 0 Å². The number of nitrogens with one attached hydrogen (secondary N) is 1. The normalized spacial score (nSPS) is 17.3. The fourth-order valence-electron chi connectivity index (χ4n) is 3.67. The van der Waals surface area contributed by atoms with Crippen molar-refractivity contribution in [1.29, 1.82) is 0 Å². The van der Waals surface area contributed by atoms with Crippen LogP contribution in [0, 0.1) is 0 Å². The van der Waals surface area contributed by atoms with Gasteiger partial charge < -0.3 is 9.88 Å². The van der Waals surface area contributed by atoms with Gasteiger partial charge in [-0.25, -0.2) is 4.79 Å². The van der Waals surface area contributed by atoms with Crippen LogP contribution in [0.1, 0.15) is 39.2 Å². The van der Waals surface area contributed by atoms with Crippen LogP contribution in [0.4, 0.5) is 0 Å². The molecule has 0 radical (unpaired) electrons.